The SMILES string of the molecule is C[C@@H]1CNCC[C@H]1Nc1nc(-c2ccnc(Nc3ncc(F)cc3F)c2)nc2cncc(C3CC3)c12. The monoisotopic (exact) mass is 488 g/mol. The normalized spacial score (nSPS) is 19.9. The van der Waals surface area contributed by atoms with Gasteiger partial charge in [-0.15, -0.1) is 0 Å². The number of rotatable bonds is 6. The Morgan fingerprint density at radius 1 is 1.00 bits per heavy atom. The van der Waals surface area contributed by atoms with Crippen LogP contribution in [0.15, 0.2) is 43.0 Å². The summed E-state index contributed by atoms with van der Waals surface area (Å²) in [7, 11) is 0. The second kappa shape index (κ2) is 9.34. The molecule has 6 rings (SSSR count). The van der Waals surface area contributed by atoms with Crippen molar-refractivity contribution in [3.8, 4) is 11.4 Å². The molecule has 2 aliphatic rings. The lowest BCUT2D eigenvalue weighted by Crippen LogP contribution is -2.42. The minimum Gasteiger partial charge on any atom is -0.366 e. The molecule has 0 amide bonds. The number of hydrogen-bond acceptors (Lipinski definition) is 8. The number of aromatic nitrogens is 5. The van der Waals surface area contributed by atoms with Crippen LogP contribution in [0.3, 0.4) is 0 Å². The smallest absolute Gasteiger partial charge is 0.168 e. The molecule has 0 unspecified atom stereocenters. The third-order valence-electron chi connectivity index (χ3n) is 6.83. The van der Waals surface area contributed by atoms with Crippen LogP contribution in [0.4, 0.5) is 26.2 Å². The van der Waals surface area contributed by atoms with Gasteiger partial charge in [-0.05, 0) is 61.9 Å². The Morgan fingerprint density at radius 2 is 1.89 bits per heavy atom. The van der Waals surface area contributed by atoms with Crippen molar-refractivity contribution in [2.75, 3.05) is 23.7 Å². The highest BCUT2D eigenvalue weighted by molar-refractivity contribution is 5.93. The van der Waals surface area contributed by atoms with Crippen LogP contribution in [0.1, 0.15) is 37.7 Å². The predicted octanol–water partition coefficient (Wildman–Crippen LogP) is 4.79. The molecule has 8 nitrogen and oxygen atoms in total. The zero-order valence-electron chi connectivity index (χ0n) is 19.8. The molecule has 36 heavy (non-hydrogen) atoms. The molecule has 1 saturated carbocycles. The van der Waals surface area contributed by atoms with Crippen LogP contribution in [0.2, 0.25) is 0 Å². The van der Waals surface area contributed by atoms with Crippen molar-refractivity contribution in [1.29, 1.82) is 0 Å². The maximum absolute atomic E-state index is 14.1. The van der Waals surface area contributed by atoms with E-state index in [2.05, 4.69) is 37.8 Å². The molecular weight excluding hydrogens is 462 g/mol. The Bertz CT molecular complexity index is 1420. The summed E-state index contributed by atoms with van der Waals surface area (Å²) in [6, 6.07) is 4.59. The molecule has 0 radical (unpaired) electrons. The van der Waals surface area contributed by atoms with E-state index in [0.29, 0.717) is 35.1 Å². The van der Waals surface area contributed by atoms with E-state index in [4.69, 9.17) is 9.97 Å². The quantitative estimate of drug-likeness (QED) is 0.356. The molecule has 10 heteroatoms. The molecule has 2 atom stereocenters. The Kier molecular flexibility index (Phi) is 5.88. The van der Waals surface area contributed by atoms with Crippen LogP contribution >= 0.6 is 0 Å². The first-order chi connectivity index (χ1) is 17.5. The molecule has 5 heterocycles. The number of pyridine rings is 3. The largest absolute Gasteiger partial charge is 0.366 e. The zero-order valence-corrected chi connectivity index (χ0v) is 19.8. The van der Waals surface area contributed by atoms with E-state index in [1.807, 2.05) is 6.20 Å². The second-order valence-corrected chi connectivity index (χ2v) is 9.55. The maximum Gasteiger partial charge on any atom is 0.168 e. The van der Waals surface area contributed by atoms with Gasteiger partial charge in [0, 0.05) is 35.5 Å². The van der Waals surface area contributed by atoms with Crippen molar-refractivity contribution < 1.29 is 8.78 Å². The summed E-state index contributed by atoms with van der Waals surface area (Å²) < 4.78 is 27.3. The summed E-state index contributed by atoms with van der Waals surface area (Å²) in [5, 5.41) is 11.0. The summed E-state index contributed by atoms with van der Waals surface area (Å²) in [5.41, 5.74) is 2.68. The van der Waals surface area contributed by atoms with Crippen LogP contribution < -0.4 is 16.0 Å². The second-order valence-electron chi connectivity index (χ2n) is 9.55. The van der Waals surface area contributed by atoms with E-state index in [1.165, 1.54) is 5.56 Å². The first kappa shape index (κ1) is 22.7. The summed E-state index contributed by atoms with van der Waals surface area (Å²) >= 11 is 0. The highest BCUT2D eigenvalue weighted by Gasteiger charge is 2.29. The summed E-state index contributed by atoms with van der Waals surface area (Å²) in [4.78, 5) is 22.3. The number of nitrogens with one attached hydrogen (secondary N) is 3. The molecule has 4 aromatic rings. The molecular formula is C26H26F2N8. The third kappa shape index (κ3) is 4.56. The van der Waals surface area contributed by atoms with E-state index in [0.717, 1.165) is 61.3 Å². The number of fused-ring (bicyclic) bond motifs is 1. The molecule has 1 aliphatic heterocycles. The molecule has 1 aliphatic carbocycles. The Labute approximate surface area is 207 Å². The van der Waals surface area contributed by atoms with Crippen LogP contribution in [-0.2, 0) is 0 Å². The van der Waals surface area contributed by atoms with Crippen molar-refractivity contribution in [1.82, 2.24) is 30.2 Å². The summed E-state index contributed by atoms with van der Waals surface area (Å²) in [5.74, 6) is 0.971. The average Bonchev–Trinajstić information content (AvgIpc) is 3.72. The number of anilines is 3. The van der Waals surface area contributed by atoms with Crippen molar-refractivity contribution in [3.05, 3.63) is 60.2 Å². The lowest BCUT2D eigenvalue weighted by molar-refractivity contribution is 0.368. The number of nitrogens with zero attached hydrogens (tertiary/aromatic N) is 5. The maximum atomic E-state index is 14.1. The van der Waals surface area contributed by atoms with Gasteiger partial charge in [-0.2, -0.15) is 0 Å². The van der Waals surface area contributed by atoms with Gasteiger partial charge in [0.05, 0.1) is 17.9 Å². The van der Waals surface area contributed by atoms with Gasteiger partial charge >= 0.3 is 0 Å². The fraction of sp³-hybridized carbons (Fsp3) is 0.346. The highest BCUT2D eigenvalue weighted by Crippen LogP contribution is 2.44. The summed E-state index contributed by atoms with van der Waals surface area (Å²) in [6.07, 6.45) is 9.57. The molecule has 4 aromatic heterocycles. The standard InChI is InChI=1S/C26H26F2N8/c1-14-10-29-6-5-20(14)33-26-23-18(15-2-3-15)12-30-13-21(23)34-24(36-26)16-4-7-31-22(8-16)35-25-19(28)9-17(27)11-32-25/h4,7-9,11-15,20,29H,2-3,5-6,10H2,1H3,(H,31,32,35)(H,33,34,36)/t14-,20-/m1/s1. The van der Waals surface area contributed by atoms with Gasteiger partial charge in [0.1, 0.15) is 17.5 Å². The van der Waals surface area contributed by atoms with Gasteiger partial charge in [0.25, 0.3) is 0 Å². The van der Waals surface area contributed by atoms with Crippen LogP contribution in [-0.4, -0.2) is 44.1 Å². The van der Waals surface area contributed by atoms with Crippen molar-refractivity contribution in [3.63, 3.8) is 0 Å². The van der Waals surface area contributed by atoms with Gasteiger partial charge in [-0.25, -0.2) is 28.7 Å². The van der Waals surface area contributed by atoms with Gasteiger partial charge in [0.2, 0.25) is 0 Å². The first-order valence-corrected chi connectivity index (χ1v) is 12.2. The third-order valence-corrected chi connectivity index (χ3v) is 6.83. The Morgan fingerprint density at radius 3 is 2.69 bits per heavy atom. The molecule has 0 spiro atoms. The lowest BCUT2D eigenvalue weighted by Gasteiger charge is -2.31. The van der Waals surface area contributed by atoms with Gasteiger partial charge < -0.3 is 16.0 Å². The minimum absolute atomic E-state index is 0.110. The van der Waals surface area contributed by atoms with Crippen molar-refractivity contribution >= 4 is 28.4 Å². The molecule has 0 bridgehead atoms. The molecule has 184 valence electrons. The molecule has 1 saturated heterocycles. The number of hydrogen-bond donors (Lipinski definition) is 3. The molecule has 2 fully saturated rings. The van der Waals surface area contributed by atoms with Crippen LogP contribution in [0.25, 0.3) is 22.3 Å². The van der Waals surface area contributed by atoms with Gasteiger partial charge in [-0.1, -0.05) is 6.92 Å². The fourth-order valence-corrected chi connectivity index (χ4v) is 4.72. The van der Waals surface area contributed by atoms with Crippen molar-refractivity contribution in [2.45, 2.75) is 38.1 Å². The highest BCUT2D eigenvalue weighted by atomic mass is 19.1. The van der Waals surface area contributed by atoms with Crippen LogP contribution in [0.5, 0.6) is 0 Å². The predicted molar refractivity (Wildman–Crippen MR) is 134 cm³/mol. The number of halogens is 2. The topological polar surface area (TPSA) is 101 Å². The van der Waals surface area contributed by atoms with Crippen LogP contribution in [0, 0.1) is 17.6 Å². The fourth-order valence-electron chi connectivity index (χ4n) is 4.72. The summed E-state index contributed by atoms with van der Waals surface area (Å²) in [6.45, 7) is 4.15. The molecule has 0 aromatic carbocycles. The average molecular weight is 489 g/mol. The van der Waals surface area contributed by atoms with E-state index in [9.17, 15) is 8.78 Å². The minimum atomic E-state index is -0.801. The number of piperidine rings is 1. The van der Waals surface area contributed by atoms with E-state index < -0.39 is 11.6 Å². The zero-order chi connectivity index (χ0) is 24.6. The van der Waals surface area contributed by atoms with Crippen molar-refractivity contribution in [2.24, 2.45) is 5.92 Å². The Balaban J connectivity index is 1.40. The van der Waals surface area contributed by atoms with E-state index >= 15 is 0 Å². The Hall–Kier alpha value is -3.79. The lowest BCUT2D eigenvalue weighted by atomic mass is 9.95. The van der Waals surface area contributed by atoms with Gasteiger partial charge in [-0.3, -0.25) is 4.98 Å². The first-order valence-electron chi connectivity index (χ1n) is 12.2. The van der Waals surface area contributed by atoms with E-state index in [-0.39, 0.29) is 5.82 Å². The van der Waals surface area contributed by atoms with Gasteiger partial charge in [0.15, 0.2) is 17.5 Å². The van der Waals surface area contributed by atoms with E-state index in [1.54, 1.807) is 24.5 Å². The molecule has 3 N–H and O–H groups in total.